The summed E-state index contributed by atoms with van der Waals surface area (Å²) in [5, 5.41) is 0. The molecule has 0 amide bonds. The molecular weight excluding hydrogens is 260 g/mol. The summed E-state index contributed by atoms with van der Waals surface area (Å²) in [6, 6.07) is 14.4. The minimum absolute atomic E-state index is 0.744. The van der Waals surface area contributed by atoms with Crippen LogP contribution >= 0.6 is 0 Å². The van der Waals surface area contributed by atoms with Crippen LogP contribution in [-0.4, -0.2) is 36.1 Å². The highest BCUT2D eigenvalue weighted by molar-refractivity contribution is 5.32. The van der Waals surface area contributed by atoms with Crippen LogP contribution in [0.3, 0.4) is 0 Å². The van der Waals surface area contributed by atoms with E-state index in [9.17, 15) is 0 Å². The number of likely N-dealkylation sites (tertiary alicyclic amines) is 1. The van der Waals surface area contributed by atoms with Crippen LogP contribution in [-0.2, 0) is 6.42 Å². The Morgan fingerprint density at radius 1 is 1.00 bits per heavy atom. The van der Waals surface area contributed by atoms with E-state index >= 15 is 0 Å². The van der Waals surface area contributed by atoms with Gasteiger partial charge in [-0.25, -0.2) is 0 Å². The predicted molar refractivity (Wildman–Crippen MR) is 84.7 cm³/mol. The van der Waals surface area contributed by atoms with Crippen LogP contribution in [0.2, 0.25) is 0 Å². The third-order valence-electron chi connectivity index (χ3n) is 3.93. The molecule has 1 aliphatic heterocycles. The van der Waals surface area contributed by atoms with Gasteiger partial charge in [-0.05, 0) is 43.6 Å². The SMILES string of the molecule is c1ccc(Cc2ncccc2OCCN2CCCC2)cc1. The second-order valence-corrected chi connectivity index (χ2v) is 5.51. The van der Waals surface area contributed by atoms with Crippen molar-refractivity contribution >= 4 is 0 Å². The number of aromatic nitrogens is 1. The van der Waals surface area contributed by atoms with Gasteiger partial charge in [0.2, 0.25) is 0 Å². The summed E-state index contributed by atoms with van der Waals surface area (Å²) in [4.78, 5) is 6.95. The highest BCUT2D eigenvalue weighted by atomic mass is 16.5. The van der Waals surface area contributed by atoms with Gasteiger partial charge in [-0.2, -0.15) is 0 Å². The Hall–Kier alpha value is -1.87. The van der Waals surface area contributed by atoms with Crippen LogP contribution in [0.15, 0.2) is 48.7 Å². The monoisotopic (exact) mass is 282 g/mol. The second kappa shape index (κ2) is 7.23. The van der Waals surface area contributed by atoms with Crippen molar-refractivity contribution in [2.45, 2.75) is 19.3 Å². The van der Waals surface area contributed by atoms with Gasteiger partial charge < -0.3 is 4.74 Å². The zero-order valence-corrected chi connectivity index (χ0v) is 12.4. The van der Waals surface area contributed by atoms with E-state index in [0.29, 0.717) is 0 Å². The molecule has 1 aromatic heterocycles. The normalized spacial score (nSPS) is 15.2. The van der Waals surface area contributed by atoms with Crippen molar-refractivity contribution in [1.29, 1.82) is 0 Å². The summed E-state index contributed by atoms with van der Waals surface area (Å²) in [6.45, 7) is 4.19. The minimum Gasteiger partial charge on any atom is -0.490 e. The predicted octanol–water partition coefficient (Wildman–Crippen LogP) is 3.15. The lowest BCUT2D eigenvalue weighted by atomic mass is 10.1. The van der Waals surface area contributed by atoms with Crippen molar-refractivity contribution in [3.05, 3.63) is 59.9 Å². The molecular formula is C18H22N2O. The van der Waals surface area contributed by atoms with E-state index in [1.807, 2.05) is 24.4 Å². The van der Waals surface area contributed by atoms with Gasteiger partial charge in [0.15, 0.2) is 0 Å². The highest BCUT2D eigenvalue weighted by Crippen LogP contribution is 2.19. The lowest BCUT2D eigenvalue weighted by Crippen LogP contribution is -2.25. The number of benzene rings is 1. The molecule has 1 aromatic carbocycles. The maximum atomic E-state index is 5.97. The largest absolute Gasteiger partial charge is 0.490 e. The van der Waals surface area contributed by atoms with Gasteiger partial charge in [0, 0.05) is 19.2 Å². The first-order valence-corrected chi connectivity index (χ1v) is 7.75. The molecule has 0 spiro atoms. The van der Waals surface area contributed by atoms with Crippen molar-refractivity contribution in [2.24, 2.45) is 0 Å². The maximum absolute atomic E-state index is 5.97. The molecule has 2 heterocycles. The van der Waals surface area contributed by atoms with Crippen molar-refractivity contribution < 1.29 is 4.74 Å². The third-order valence-corrected chi connectivity index (χ3v) is 3.93. The zero-order valence-electron chi connectivity index (χ0n) is 12.4. The molecule has 0 bridgehead atoms. The van der Waals surface area contributed by atoms with Gasteiger partial charge in [0.25, 0.3) is 0 Å². The molecule has 0 saturated carbocycles. The Morgan fingerprint density at radius 2 is 1.81 bits per heavy atom. The fraction of sp³-hybridized carbons (Fsp3) is 0.389. The quantitative estimate of drug-likeness (QED) is 0.814. The van der Waals surface area contributed by atoms with Crippen LogP contribution in [0, 0.1) is 0 Å². The molecule has 0 aliphatic carbocycles. The molecule has 21 heavy (non-hydrogen) atoms. The molecule has 3 nitrogen and oxygen atoms in total. The summed E-state index contributed by atoms with van der Waals surface area (Å²) >= 11 is 0. The summed E-state index contributed by atoms with van der Waals surface area (Å²) < 4.78 is 5.97. The molecule has 0 unspecified atom stereocenters. The van der Waals surface area contributed by atoms with E-state index in [2.05, 4.69) is 34.1 Å². The Labute approximate surface area is 126 Å². The van der Waals surface area contributed by atoms with Crippen LogP contribution in [0.1, 0.15) is 24.1 Å². The van der Waals surface area contributed by atoms with Gasteiger partial charge >= 0.3 is 0 Å². The van der Waals surface area contributed by atoms with Gasteiger partial charge in [-0.1, -0.05) is 30.3 Å². The Kier molecular flexibility index (Phi) is 4.85. The third kappa shape index (κ3) is 4.05. The lowest BCUT2D eigenvalue weighted by Gasteiger charge is -2.16. The Morgan fingerprint density at radius 3 is 2.62 bits per heavy atom. The van der Waals surface area contributed by atoms with Gasteiger partial charge in [-0.15, -0.1) is 0 Å². The van der Waals surface area contributed by atoms with E-state index in [1.165, 1.54) is 31.5 Å². The average Bonchev–Trinajstić information content (AvgIpc) is 3.03. The standard InChI is InChI=1S/C18H22N2O/c1-2-7-16(8-3-1)15-17-18(9-6-10-19-17)21-14-13-20-11-4-5-12-20/h1-3,6-10H,4-5,11-15H2. The Balaban J connectivity index is 1.59. The first-order chi connectivity index (χ1) is 10.4. The van der Waals surface area contributed by atoms with Gasteiger partial charge in [0.05, 0.1) is 5.69 Å². The molecule has 2 aromatic rings. The minimum atomic E-state index is 0.744. The molecule has 3 rings (SSSR count). The maximum Gasteiger partial charge on any atom is 0.141 e. The molecule has 1 fully saturated rings. The van der Waals surface area contributed by atoms with E-state index < -0.39 is 0 Å². The van der Waals surface area contributed by atoms with Gasteiger partial charge in [-0.3, -0.25) is 9.88 Å². The number of pyridine rings is 1. The topological polar surface area (TPSA) is 25.4 Å². The smallest absolute Gasteiger partial charge is 0.141 e. The molecule has 110 valence electrons. The molecule has 0 N–H and O–H groups in total. The molecule has 1 aliphatic rings. The average molecular weight is 282 g/mol. The first-order valence-electron chi connectivity index (χ1n) is 7.75. The first kappa shape index (κ1) is 14.1. The van der Waals surface area contributed by atoms with E-state index in [1.54, 1.807) is 0 Å². The lowest BCUT2D eigenvalue weighted by molar-refractivity contribution is 0.236. The van der Waals surface area contributed by atoms with Crippen molar-refractivity contribution in [1.82, 2.24) is 9.88 Å². The molecule has 0 atom stereocenters. The van der Waals surface area contributed by atoms with Crippen molar-refractivity contribution in [3.63, 3.8) is 0 Å². The van der Waals surface area contributed by atoms with Crippen LogP contribution in [0.4, 0.5) is 0 Å². The number of ether oxygens (including phenoxy) is 1. The molecule has 1 saturated heterocycles. The van der Waals surface area contributed by atoms with E-state index in [0.717, 1.165) is 31.0 Å². The van der Waals surface area contributed by atoms with Crippen LogP contribution in [0.25, 0.3) is 0 Å². The molecule has 3 heteroatoms. The zero-order chi connectivity index (χ0) is 14.3. The number of hydrogen-bond acceptors (Lipinski definition) is 3. The summed E-state index contributed by atoms with van der Waals surface area (Å²) in [7, 11) is 0. The van der Waals surface area contributed by atoms with E-state index in [4.69, 9.17) is 4.74 Å². The van der Waals surface area contributed by atoms with Crippen molar-refractivity contribution in [2.75, 3.05) is 26.2 Å². The Bertz CT molecular complexity index is 550. The number of hydrogen-bond donors (Lipinski definition) is 0. The van der Waals surface area contributed by atoms with Crippen molar-refractivity contribution in [3.8, 4) is 5.75 Å². The van der Waals surface area contributed by atoms with Gasteiger partial charge in [0.1, 0.15) is 12.4 Å². The summed E-state index contributed by atoms with van der Waals surface area (Å²) in [6.07, 6.45) is 5.31. The number of nitrogens with zero attached hydrogens (tertiary/aromatic N) is 2. The summed E-state index contributed by atoms with van der Waals surface area (Å²) in [5.41, 5.74) is 2.28. The highest BCUT2D eigenvalue weighted by Gasteiger charge is 2.11. The molecule has 0 radical (unpaired) electrons. The second-order valence-electron chi connectivity index (χ2n) is 5.51. The fourth-order valence-corrected chi connectivity index (χ4v) is 2.77. The van der Waals surface area contributed by atoms with Crippen LogP contribution in [0.5, 0.6) is 5.75 Å². The summed E-state index contributed by atoms with van der Waals surface area (Å²) in [5.74, 6) is 0.917. The van der Waals surface area contributed by atoms with Crippen LogP contribution < -0.4 is 4.74 Å². The fourth-order valence-electron chi connectivity index (χ4n) is 2.77. The number of rotatable bonds is 6. The van der Waals surface area contributed by atoms with E-state index in [-0.39, 0.29) is 0 Å².